The van der Waals surface area contributed by atoms with Crippen LogP contribution in [0.15, 0.2) is 11.1 Å². The highest BCUT2D eigenvalue weighted by molar-refractivity contribution is 6.09. The monoisotopic (exact) mass is 318 g/mol. The summed E-state index contributed by atoms with van der Waals surface area (Å²) in [6.45, 7) is 3.82. The van der Waals surface area contributed by atoms with Gasteiger partial charge in [-0.3, -0.25) is 9.59 Å². The molecule has 4 aliphatic rings. The normalized spacial score (nSPS) is 49.2. The van der Waals surface area contributed by atoms with Gasteiger partial charge in [-0.2, -0.15) is 0 Å². The molecule has 0 aromatic carbocycles. The lowest BCUT2D eigenvalue weighted by molar-refractivity contribution is -0.137. The van der Waals surface area contributed by atoms with Crippen molar-refractivity contribution in [3.8, 4) is 0 Å². The predicted octanol–water partition coefficient (Wildman–Crippen LogP) is 2.17. The maximum Gasteiger partial charge on any atom is 0.160 e. The lowest BCUT2D eigenvalue weighted by Gasteiger charge is -2.58. The van der Waals surface area contributed by atoms with Crippen molar-refractivity contribution in [1.82, 2.24) is 0 Å². The number of carbonyl (C=O) groups excluding carboxylic acids is 2. The van der Waals surface area contributed by atoms with Gasteiger partial charge in [0.2, 0.25) is 0 Å². The van der Waals surface area contributed by atoms with Crippen LogP contribution in [-0.4, -0.2) is 34.0 Å². The van der Waals surface area contributed by atoms with E-state index < -0.39 is 5.60 Å². The summed E-state index contributed by atoms with van der Waals surface area (Å²) < 4.78 is 0. The third kappa shape index (κ3) is 1.69. The first kappa shape index (κ1) is 15.5. The van der Waals surface area contributed by atoms with Crippen LogP contribution in [0.5, 0.6) is 0 Å². The molecule has 2 bridgehead atoms. The second-order valence-corrected chi connectivity index (χ2v) is 8.63. The van der Waals surface area contributed by atoms with Crippen LogP contribution in [0, 0.1) is 22.7 Å². The van der Waals surface area contributed by atoms with Gasteiger partial charge in [-0.05, 0) is 61.9 Å². The first-order chi connectivity index (χ1) is 10.8. The van der Waals surface area contributed by atoms with Gasteiger partial charge in [0.1, 0.15) is 0 Å². The number of fused-ring (bicyclic) bond motifs is 2. The zero-order valence-electron chi connectivity index (χ0n) is 14.0. The lowest BCUT2D eigenvalue weighted by Crippen LogP contribution is -2.55. The van der Waals surface area contributed by atoms with Crippen molar-refractivity contribution >= 4 is 11.6 Å². The smallest absolute Gasteiger partial charge is 0.160 e. The molecule has 0 aromatic heterocycles. The van der Waals surface area contributed by atoms with Crippen LogP contribution in [0.4, 0.5) is 0 Å². The Morgan fingerprint density at radius 3 is 2.57 bits per heavy atom. The number of ketones is 2. The molecule has 0 radical (unpaired) electrons. The Labute approximate surface area is 137 Å². The number of allylic oxidation sites excluding steroid dienone is 2. The van der Waals surface area contributed by atoms with E-state index in [9.17, 15) is 19.8 Å². The van der Waals surface area contributed by atoms with Gasteiger partial charge in [0.15, 0.2) is 11.6 Å². The van der Waals surface area contributed by atoms with Crippen molar-refractivity contribution in [2.45, 2.75) is 64.4 Å². The van der Waals surface area contributed by atoms with Crippen molar-refractivity contribution in [1.29, 1.82) is 0 Å². The summed E-state index contributed by atoms with van der Waals surface area (Å²) in [5, 5.41) is 20.4. The molecule has 4 nitrogen and oxygen atoms in total. The van der Waals surface area contributed by atoms with Crippen LogP contribution in [0.1, 0.15) is 58.8 Å². The van der Waals surface area contributed by atoms with E-state index in [-0.39, 0.29) is 40.8 Å². The second kappa shape index (κ2) is 4.54. The van der Waals surface area contributed by atoms with E-state index in [0.29, 0.717) is 24.8 Å². The molecule has 0 heterocycles. The second-order valence-electron chi connectivity index (χ2n) is 8.63. The molecule has 4 heteroatoms. The van der Waals surface area contributed by atoms with Crippen molar-refractivity contribution in [3.63, 3.8) is 0 Å². The lowest BCUT2D eigenvalue weighted by atomic mass is 9.45. The summed E-state index contributed by atoms with van der Waals surface area (Å²) in [5.41, 5.74) is 0.273. The molecule has 5 unspecified atom stereocenters. The van der Waals surface area contributed by atoms with E-state index in [1.165, 1.54) is 0 Å². The Morgan fingerprint density at radius 2 is 1.87 bits per heavy atom. The highest BCUT2D eigenvalue weighted by atomic mass is 16.3. The van der Waals surface area contributed by atoms with Gasteiger partial charge in [-0.25, -0.2) is 0 Å². The average Bonchev–Trinajstić information content (AvgIpc) is 2.85. The quantitative estimate of drug-likeness (QED) is 0.777. The largest absolute Gasteiger partial charge is 0.393 e. The van der Waals surface area contributed by atoms with Crippen molar-refractivity contribution < 1.29 is 19.8 Å². The number of aliphatic hydroxyl groups excluding tert-OH is 1. The van der Waals surface area contributed by atoms with Gasteiger partial charge in [-0.15, -0.1) is 0 Å². The molecule has 4 aliphatic carbocycles. The fourth-order valence-electron chi connectivity index (χ4n) is 6.63. The minimum atomic E-state index is -0.981. The van der Waals surface area contributed by atoms with E-state index in [1.807, 2.05) is 6.92 Å². The van der Waals surface area contributed by atoms with Crippen LogP contribution < -0.4 is 0 Å². The molecule has 5 atom stereocenters. The van der Waals surface area contributed by atoms with Gasteiger partial charge >= 0.3 is 0 Å². The molecule has 0 aromatic rings. The van der Waals surface area contributed by atoms with Gasteiger partial charge in [0, 0.05) is 23.8 Å². The third-order valence-corrected chi connectivity index (χ3v) is 8.01. The highest BCUT2D eigenvalue weighted by Gasteiger charge is 2.68. The number of Topliss-reactive ketones (excluding diaryl/α,β-unsaturated/α-hetero) is 2. The average molecular weight is 318 g/mol. The number of rotatable bonds is 1. The molecule has 1 spiro atoms. The van der Waals surface area contributed by atoms with Crippen LogP contribution >= 0.6 is 0 Å². The topological polar surface area (TPSA) is 74.6 Å². The molecular weight excluding hydrogens is 292 g/mol. The highest BCUT2D eigenvalue weighted by Crippen LogP contribution is 2.72. The van der Waals surface area contributed by atoms with Gasteiger partial charge in [0.25, 0.3) is 0 Å². The van der Waals surface area contributed by atoms with Crippen LogP contribution in [0.25, 0.3) is 0 Å². The number of hydrogen-bond acceptors (Lipinski definition) is 4. The van der Waals surface area contributed by atoms with E-state index in [1.54, 1.807) is 0 Å². The molecule has 0 aliphatic heterocycles. The van der Waals surface area contributed by atoms with E-state index in [2.05, 4.69) is 6.92 Å². The summed E-state index contributed by atoms with van der Waals surface area (Å²) in [6.07, 6.45) is 4.96. The van der Waals surface area contributed by atoms with Crippen molar-refractivity contribution in [2.75, 3.05) is 6.61 Å². The summed E-state index contributed by atoms with van der Waals surface area (Å²) >= 11 is 0. The van der Waals surface area contributed by atoms with E-state index in [4.69, 9.17) is 0 Å². The minimum absolute atomic E-state index is 0.0181. The molecule has 4 rings (SSSR count). The van der Waals surface area contributed by atoms with Gasteiger partial charge in [0.05, 0.1) is 12.2 Å². The van der Waals surface area contributed by atoms with Crippen molar-refractivity contribution in [2.24, 2.45) is 22.7 Å². The maximum atomic E-state index is 12.8. The summed E-state index contributed by atoms with van der Waals surface area (Å²) in [7, 11) is 0. The van der Waals surface area contributed by atoms with Crippen molar-refractivity contribution in [3.05, 3.63) is 11.1 Å². The van der Waals surface area contributed by atoms with Crippen LogP contribution in [0.3, 0.4) is 0 Å². The third-order valence-electron chi connectivity index (χ3n) is 8.01. The van der Waals surface area contributed by atoms with Gasteiger partial charge in [-0.1, -0.05) is 6.92 Å². The zero-order chi connectivity index (χ0) is 16.6. The fraction of sp³-hybridized carbons (Fsp3) is 0.789. The molecule has 3 saturated carbocycles. The Balaban J connectivity index is 1.85. The number of carbonyl (C=O) groups is 2. The Morgan fingerprint density at radius 1 is 1.13 bits per heavy atom. The minimum Gasteiger partial charge on any atom is -0.393 e. The predicted molar refractivity (Wildman–Crippen MR) is 84.6 cm³/mol. The molecule has 0 amide bonds. The molecule has 3 fully saturated rings. The number of aliphatic hydroxyl groups is 2. The first-order valence-corrected chi connectivity index (χ1v) is 8.88. The van der Waals surface area contributed by atoms with E-state index in [0.717, 1.165) is 31.3 Å². The molecule has 126 valence electrons. The van der Waals surface area contributed by atoms with E-state index >= 15 is 0 Å². The fourth-order valence-corrected chi connectivity index (χ4v) is 6.63. The Kier molecular flexibility index (Phi) is 3.07. The summed E-state index contributed by atoms with van der Waals surface area (Å²) in [4.78, 5) is 25.0. The molecule has 2 N–H and O–H groups in total. The molecule has 0 saturated heterocycles. The van der Waals surface area contributed by atoms with Gasteiger partial charge < -0.3 is 10.2 Å². The number of hydrogen-bond donors (Lipinski definition) is 2. The molecule has 23 heavy (non-hydrogen) atoms. The summed E-state index contributed by atoms with van der Waals surface area (Å²) in [5.74, 6) is 0.634. The Hall–Kier alpha value is -1.00. The SMILES string of the molecule is CC1=C2C(=O)CC3CC4CC3(CCC4(O)CO)C2(C)CCC1=O. The Bertz CT molecular complexity index is 635. The zero-order valence-corrected chi connectivity index (χ0v) is 14.0. The first-order valence-electron chi connectivity index (χ1n) is 8.88. The summed E-state index contributed by atoms with van der Waals surface area (Å²) in [6, 6.07) is 0. The molecular formula is C19H26O4. The standard InChI is InChI=1S/C19H26O4/c1-11-14(21)3-4-17(2)16(11)15(22)8-12-7-13-9-18(12,17)5-6-19(13,23)10-20/h12-13,20,23H,3-10H2,1-2H3. The van der Waals surface area contributed by atoms with Crippen LogP contribution in [-0.2, 0) is 9.59 Å². The maximum absolute atomic E-state index is 12.8. The van der Waals surface area contributed by atoms with Crippen LogP contribution in [0.2, 0.25) is 0 Å².